The van der Waals surface area contributed by atoms with Crippen LogP contribution in [0.5, 0.6) is 0 Å². The van der Waals surface area contributed by atoms with E-state index in [9.17, 15) is 0 Å². The van der Waals surface area contributed by atoms with Gasteiger partial charge in [0.2, 0.25) is 0 Å². The van der Waals surface area contributed by atoms with E-state index in [0.29, 0.717) is 0 Å². The molecule has 3 heteroatoms. The van der Waals surface area contributed by atoms with Crippen LogP contribution in [-0.2, 0) is 6.42 Å². The first-order chi connectivity index (χ1) is 43.0. The van der Waals surface area contributed by atoms with Crippen molar-refractivity contribution in [3.63, 3.8) is 0 Å². The van der Waals surface area contributed by atoms with Crippen LogP contribution in [0.3, 0.4) is 0 Å². The lowest BCUT2D eigenvalue weighted by Crippen LogP contribution is -1.97. The highest BCUT2D eigenvalue weighted by atomic mass is 15.0. The monoisotopic (exact) mass is 1110 g/mol. The summed E-state index contributed by atoms with van der Waals surface area (Å²) in [6.07, 6.45) is 12.4. The van der Waals surface area contributed by atoms with Crippen LogP contribution in [0.1, 0.15) is 43.2 Å². The fourth-order valence-corrected chi connectivity index (χ4v) is 14.2. The number of nitrogens with zero attached hydrogens (tertiary/aromatic N) is 3. The molecule has 0 amide bonds. The highest BCUT2D eigenvalue weighted by molar-refractivity contribution is 6.22. The average molecular weight is 1110 g/mol. The van der Waals surface area contributed by atoms with Crippen LogP contribution in [0.15, 0.2) is 286 Å². The van der Waals surface area contributed by atoms with Gasteiger partial charge in [-0.15, -0.1) is 13.0 Å². The van der Waals surface area contributed by atoms with E-state index in [1.807, 2.05) is 6.08 Å². The molecular weight excluding hydrogens is 1050 g/mol. The van der Waals surface area contributed by atoms with E-state index in [1.165, 1.54) is 126 Å². The number of terminal acetylenes is 1. The third kappa shape index (κ3) is 8.67. The van der Waals surface area contributed by atoms with Crippen LogP contribution in [0.2, 0.25) is 0 Å². The third-order valence-electron chi connectivity index (χ3n) is 18.4. The molecule has 0 aliphatic heterocycles. The second-order valence-electron chi connectivity index (χ2n) is 23.4. The molecule has 0 radical (unpaired) electrons. The van der Waals surface area contributed by atoms with Gasteiger partial charge in [-0.3, -0.25) is 0 Å². The van der Waals surface area contributed by atoms with Crippen molar-refractivity contribution in [3.8, 4) is 73.9 Å². The van der Waals surface area contributed by atoms with Gasteiger partial charge in [0.1, 0.15) is 0 Å². The SMILES string of the molecule is C#C[C@@H](C)c1cccc(-n2c3ccccc3c3cc(-c4ccc5c(c4)c4cc(-c6ccc7c(c6)c6ccccc6n7-c6cccc(CCCCC=C)c6)ccc4n5-c4ccc(-c5c6ccccc6c(-c6ccccc6)c6ccccc56)cc4)ccc32)c1. The normalized spacial score (nSPS) is 12.1. The average Bonchev–Trinajstić information content (AvgIpc) is 1.92. The Morgan fingerprint density at radius 3 is 1.22 bits per heavy atom. The maximum absolute atomic E-state index is 5.94. The van der Waals surface area contributed by atoms with Crippen molar-refractivity contribution in [2.45, 2.75) is 38.5 Å². The van der Waals surface area contributed by atoms with Crippen molar-refractivity contribution in [2.75, 3.05) is 0 Å². The molecule has 3 heterocycles. The van der Waals surface area contributed by atoms with Gasteiger partial charge in [0, 0.05) is 55.3 Å². The second kappa shape index (κ2) is 21.3. The summed E-state index contributed by atoms with van der Waals surface area (Å²) in [5, 5.41) is 12.3. The molecule has 0 aliphatic carbocycles. The number of allylic oxidation sites excluding steroid dienone is 1. The predicted octanol–water partition coefficient (Wildman–Crippen LogP) is 22.6. The molecule has 0 fully saturated rings. The van der Waals surface area contributed by atoms with Gasteiger partial charge in [-0.1, -0.05) is 188 Å². The van der Waals surface area contributed by atoms with Crippen molar-refractivity contribution >= 4 is 87.0 Å². The summed E-state index contributed by atoms with van der Waals surface area (Å²) < 4.78 is 7.30. The minimum absolute atomic E-state index is 0.0132. The molecule has 1 atom stereocenters. The molecule has 0 spiro atoms. The zero-order chi connectivity index (χ0) is 58.1. The smallest absolute Gasteiger partial charge is 0.0541 e. The molecule has 16 aromatic rings. The lowest BCUT2D eigenvalue weighted by Gasteiger charge is -2.18. The van der Waals surface area contributed by atoms with Gasteiger partial charge in [-0.2, -0.15) is 0 Å². The summed E-state index contributed by atoms with van der Waals surface area (Å²) in [6, 6.07) is 102. The van der Waals surface area contributed by atoms with Crippen molar-refractivity contribution in [2.24, 2.45) is 0 Å². The number of rotatable bonds is 13. The Kier molecular flexibility index (Phi) is 12.7. The standard InChI is InChI=1S/C84H61N3/c1-4-6-7-9-22-56-23-20-27-65(49-56)86-77-35-18-16-29-67(77)73-51-60(39-45-79(73)86)62-41-47-81-75(53-62)76-54-63(61-40-46-80-74(52-61)68-30-17-19-36-78(68)87(80)66-28-21-26-59(50-66)55(3)5-2)42-48-82(76)85(81)64-43-37-58(38-44-64)84-71-33-14-12-31-69(71)83(57-24-10-8-11-25-57)70-32-13-15-34-72(70)84/h2,4,8,10-21,23-55H,1,6-7,9,22H2,3H3/t55-/m1/s1. The zero-order valence-electron chi connectivity index (χ0n) is 48.6. The molecule has 87 heavy (non-hydrogen) atoms. The summed E-state index contributed by atoms with van der Waals surface area (Å²) in [6.45, 7) is 6.03. The first-order valence-corrected chi connectivity index (χ1v) is 30.5. The number of unbranched alkanes of at least 4 members (excludes halogenated alkanes) is 2. The Morgan fingerprint density at radius 2 is 0.736 bits per heavy atom. The summed E-state index contributed by atoms with van der Waals surface area (Å²) in [4.78, 5) is 0. The minimum atomic E-state index is 0.0132. The van der Waals surface area contributed by atoms with Gasteiger partial charge in [-0.25, -0.2) is 0 Å². The molecule has 0 saturated carbocycles. The molecule has 0 unspecified atom stereocenters. The zero-order valence-corrected chi connectivity index (χ0v) is 48.6. The summed E-state index contributed by atoms with van der Waals surface area (Å²) in [7, 11) is 0. The van der Waals surface area contributed by atoms with E-state index in [2.05, 4.69) is 306 Å². The maximum Gasteiger partial charge on any atom is 0.0541 e. The van der Waals surface area contributed by atoms with Crippen LogP contribution in [0.4, 0.5) is 0 Å². The molecule has 0 saturated heterocycles. The fourth-order valence-electron chi connectivity index (χ4n) is 14.2. The Balaban J connectivity index is 0.856. The first kappa shape index (κ1) is 51.7. The van der Waals surface area contributed by atoms with Crippen molar-refractivity contribution in [3.05, 3.63) is 297 Å². The Morgan fingerprint density at radius 1 is 0.345 bits per heavy atom. The van der Waals surface area contributed by atoms with Crippen LogP contribution < -0.4 is 0 Å². The van der Waals surface area contributed by atoms with Crippen LogP contribution in [0.25, 0.3) is 149 Å². The molecule has 0 N–H and O–H groups in total. The van der Waals surface area contributed by atoms with Crippen LogP contribution >= 0.6 is 0 Å². The quantitative estimate of drug-likeness (QED) is 0.0473. The number of hydrogen-bond donors (Lipinski definition) is 0. The van der Waals surface area contributed by atoms with Gasteiger partial charge in [-0.05, 0) is 207 Å². The van der Waals surface area contributed by atoms with Crippen LogP contribution in [-0.4, -0.2) is 13.7 Å². The number of para-hydroxylation sites is 2. The van der Waals surface area contributed by atoms with Crippen molar-refractivity contribution in [1.82, 2.24) is 13.7 Å². The Hall–Kier alpha value is -10.9. The number of benzene rings is 13. The molecule has 3 nitrogen and oxygen atoms in total. The summed E-state index contributed by atoms with van der Waals surface area (Å²) in [5.74, 6) is 2.95. The van der Waals surface area contributed by atoms with Gasteiger partial charge >= 0.3 is 0 Å². The first-order valence-electron chi connectivity index (χ1n) is 30.5. The van der Waals surface area contributed by atoms with E-state index in [-0.39, 0.29) is 5.92 Å². The number of aryl methyl sites for hydroxylation is 1. The molecule has 0 aliphatic rings. The minimum Gasteiger partial charge on any atom is -0.309 e. The number of hydrogen-bond acceptors (Lipinski definition) is 0. The second-order valence-corrected chi connectivity index (χ2v) is 23.4. The summed E-state index contributed by atoms with van der Waals surface area (Å²) in [5.41, 5.74) is 22.6. The topological polar surface area (TPSA) is 14.8 Å². The van der Waals surface area contributed by atoms with Crippen molar-refractivity contribution < 1.29 is 0 Å². The van der Waals surface area contributed by atoms with Gasteiger partial charge in [0.05, 0.1) is 33.1 Å². The predicted molar refractivity (Wildman–Crippen MR) is 371 cm³/mol. The van der Waals surface area contributed by atoms with E-state index in [1.54, 1.807) is 0 Å². The lowest BCUT2D eigenvalue weighted by molar-refractivity contribution is 0.748. The van der Waals surface area contributed by atoms with E-state index in [4.69, 9.17) is 6.42 Å². The molecule has 3 aromatic heterocycles. The number of fused-ring (bicyclic) bond motifs is 11. The molecule has 412 valence electrons. The van der Waals surface area contributed by atoms with Gasteiger partial charge in [0.15, 0.2) is 0 Å². The van der Waals surface area contributed by atoms with Crippen LogP contribution in [0, 0.1) is 12.3 Å². The Labute approximate surface area is 507 Å². The highest BCUT2D eigenvalue weighted by Crippen LogP contribution is 2.46. The molecule has 0 bridgehead atoms. The molecule has 16 rings (SSSR count). The van der Waals surface area contributed by atoms with E-state index < -0.39 is 0 Å². The highest BCUT2D eigenvalue weighted by Gasteiger charge is 2.21. The van der Waals surface area contributed by atoms with Crippen molar-refractivity contribution in [1.29, 1.82) is 0 Å². The lowest BCUT2D eigenvalue weighted by atomic mass is 9.86. The largest absolute Gasteiger partial charge is 0.309 e. The number of aromatic nitrogens is 3. The Bertz CT molecular complexity index is 5390. The maximum atomic E-state index is 5.94. The van der Waals surface area contributed by atoms with Gasteiger partial charge < -0.3 is 13.7 Å². The molecule has 13 aromatic carbocycles. The van der Waals surface area contributed by atoms with E-state index in [0.717, 1.165) is 59.2 Å². The molecular formula is C84H61N3. The fraction of sp³-hybridized carbons (Fsp3) is 0.0714. The van der Waals surface area contributed by atoms with Gasteiger partial charge in [0.25, 0.3) is 0 Å². The third-order valence-corrected chi connectivity index (χ3v) is 18.4. The van der Waals surface area contributed by atoms with E-state index >= 15 is 0 Å². The summed E-state index contributed by atoms with van der Waals surface area (Å²) >= 11 is 0.